The monoisotopic (exact) mass is 502 g/mol. The standard InChI is InChI=1S/C28H42N2O6/c1-17-13-21-10-8-11-22(16-21)30-27(32)18(2)9-7-12-23(34-5)26(36-28(29)33)20(4)15-19(3)25(31)24(14-17)35-6/h8-11,15-17,19,23-26,31H,7,12-14H2,1-6H3,(H2,29,33)(H,30,32)/b18-9+,20-15-. The number of aliphatic hydroxyl groups excluding tert-OH is 1. The highest BCUT2D eigenvalue weighted by molar-refractivity contribution is 6.03. The fourth-order valence-electron chi connectivity index (χ4n) is 4.75. The summed E-state index contributed by atoms with van der Waals surface area (Å²) in [7, 11) is 3.15. The van der Waals surface area contributed by atoms with Crippen LogP contribution >= 0.6 is 0 Å². The number of ether oxygens (including phenoxy) is 3. The van der Waals surface area contributed by atoms with Gasteiger partial charge in [-0.05, 0) is 68.7 Å². The first-order valence-corrected chi connectivity index (χ1v) is 12.5. The Kier molecular flexibility index (Phi) is 11.6. The minimum absolute atomic E-state index is 0.176. The van der Waals surface area contributed by atoms with Crippen LogP contribution in [-0.2, 0) is 25.4 Å². The van der Waals surface area contributed by atoms with Gasteiger partial charge < -0.3 is 30.4 Å². The molecule has 2 amide bonds. The van der Waals surface area contributed by atoms with Crippen LogP contribution in [0.2, 0.25) is 0 Å². The lowest BCUT2D eigenvalue weighted by atomic mass is 9.88. The van der Waals surface area contributed by atoms with Crippen LogP contribution in [0.1, 0.15) is 52.5 Å². The zero-order valence-corrected chi connectivity index (χ0v) is 22.3. The van der Waals surface area contributed by atoms with Crippen LogP contribution in [0.5, 0.6) is 0 Å². The number of allylic oxidation sites excluding steroid dienone is 1. The summed E-state index contributed by atoms with van der Waals surface area (Å²) in [5.74, 6) is -0.224. The quantitative estimate of drug-likeness (QED) is 0.528. The Balaban J connectivity index is 2.43. The Bertz CT molecular complexity index is 944. The molecule has 0 aromatic heterocycles. The van der Waals surface area contributed by atoms with Gasteiger partial charge in [0.1, 0.15) is 0 Å². The molecule has 0 saturated carbocycles. The molecular weight excluding hydrogens is 460 g/mol. The highest BCUT2D eigenvalue weighted by Gasteiger charge is 2.29. The van der Waals surface area contributed by atoms with Gasteiger partial charge in [0.05, 0.1) is 18.3 Å². The molecule has 200 valence electrons. The third kappa shape index (κ3) is 8.76. The Morgan fingerprint density at radius 2 is 1.83 bits per heavy atom. The van der Waals surface area contributed by atoms with Gasteiger partial charge in [-0.2, -0.15) is 0 Å². The van der Waals surface area contributed by atoms with Gasteiger partial charge in [-0.15, -0.1) is 0 Å². The van der Waals surface area contributed by atoms with E-state index in [9.17, 15) is 14.7 Å². The maximum atomic E-state index is 12.7. The number of rotatable bonds is 3. The maximum Gasteiger partial charge on any atom is 0.405 e. The largest absolute Gasteiger partial charge is 0.439 e. The van der Waals surface area contributed by atoms with Crippen molar-refractivity contribution in [1.29, 1.82) is 0 Å². The Labute approximate surface area is 214 Å². The number of nitrogens with two attached hydrogens (primary N) is 1. The number of carbonyl (C=O) groups is 2. The molecule has 1 aliphatic heterocycles. The van der Waals surface area contributed by atoms with Crippen LogP contribution in [0.25, 0.3) is 0 Å². The van der Waals surface area contributed by atoms with E-state index in [2.05, 4.69) is 12.2 Å². The fourth-order valence-corrected chi connectivity index (χ4v) is 4.75. The Morgan fingerprint density at radius 3 is 2.47 bits per heavy atom. The van der Waals surface area contributed by atoms with Crippen molar-refractivity contribution in [3.05, 3.63) is 53.1 Å². The molecule has 1 aliphatic rings. The number of carbonyl (C=O) groups excluding carboxylic acids is 2. The van der Waals surface area contributed by atoms with Crippen molar-refractivity contribution in [2.24, 2.45) is 17.6 Å². The topological polar surface area (TPSA) is 120 Å². The van der Waals surface area contributed by atoms with E-state index >= 15 is 0 Å². The van der Waals surface area contributed by atoms with Crippen molar-refractivity contribution in [3.63, 3.8) is 0 Å². The van der Waals surface area contributed by atoms with E-state index in [0.717, 1.165) is 23.2 Å². The van der Waals surface area contributed by atoms with Crippen LogP contribution in [0.3, 0.4) is 0 Å². The molecule has 1 aromatic carbocycles. The molecule has 6 unspecified atom stereocenters. The summed E-state index contributed by atoms with van der Waals surface area (Å²) < 4.78 is 16.8. The normalized spacial score (nSPS) is 31.9. The lowest BCUT2D eigenvalue weighted by Gasteiger charge is -2.30. The van der Waals surface area contributed by atoms with Gasteiger partial charge in [0, 0.05) is 31.4 Å². The summed E-state index contributed by atoms with van der Waals surface area (Å²) in [5, 5.41) is 14.1. The van der Waals surface area contributed by atoms with Crippen molar-refractivity contribution in [1.82, 2.24) is 0 Å². The number of nitrogens with one attached hydrogen (secondary N) is 1. The zero-order chi connectivity index (χ0) is 26.8. The lowest BCUT2D eigenvalue weighted by Crippen LogP contribution is -2.37. The number of hydrogen-bond donors (Lipinski definition) is 3. The average molecular weight is 503 g/mol. The third-order valence-corrected chi connectivity index (χ3v) is 6.74. The van der Waals surface area contributed by atoms with E-state index in [1.807, 2.05) is 50.3 Å². The maximum absolute atomic E-state index is 12.7. The minimum atomic E-state index is -0.905. The van der Waals surface area contributed by atoms with E-state index in [-0.39, 0.29) is 23.8 Å². The molecule has 8 nitrogen and oxygen atoms in total. The van der Waals surface area contributed by atoms with Gasteiger partial charge in [0.25, 0.3) is 5.91 Å². The summed E-state index contributed by atoms with van der Waals surface area (Å²) >= 11 is 0. The smallest absolute Gasteiger partial charge is 0.405 e. The molecule has 0 radical (unpaired) electrons. The van der Waals surface area contributed by atoms with Crippen LogP contribution in [0.15, 0.2) is 47.6 Å². The van der Waals surface area contributed by atoms with E-state index in [4.69, 9.17) is 19.9 Å². The second-order valence-corrected chi connectivity index (χ2v) is 9.83. The first kappa shape index (κ1) is 29.5. The number of fused-ring (bicyclic) bond motifs is 2. The SMILES string of the molecule is COC1CC/C=C(\C)C(=O)Nc2cccc(c2)CC(C)CC(OC)C(O)C(C)/C=C(/C)C1OC(N)=O. The summed E-state index contributed by atoms with van der Waals surface area (Å²) in [6, 6.07) is 7.82. The van der Waals surface area contributed by atoms with Crippen molar-refractivity contribution in [2.75, 3.05) is 19.5 Å². The average Bonchev–Trinajstić information content (AvgIpc) is 2.82. The number of methoxy groups -OCH3 is 2. The van der Waals surface area contributed by atoms with Crippen LogP contribution in [-0.4, -0.2) is 55.7 Å². The van der Waals surface area contributed by atoms with E-state index < -0.39 is 24.4 Å². The molecule has 8 heteroatoms. The first-order valence-electron chi connectivity index (χ1n) is 12.5. The van der Waals surface area contributed by atoms with Crippen molar-refractivity contribution in [3.8, 4) is 0 Å². The van der Waals surface area contributed by atoms with E-state index in [0.29, 0.717) is 24.8 Å². The molecule has 0 fully saturated rings. The number of primary amides is 1. The van der Waals surface area contributed by atoms with Crippen LogP contribution in [0, 0.1) is 11.8 Å². The van der Waals surface area contributed by atoms with Crippen LogP contribution < -0.4 is 11.1 Å². The molecule has 1 heterocycles. The molecule has 2 rings (SSSR count). The van der Waals surface area contributed by atoms with Gasteiger partial charge in [-0.1, -0.05) is 38.1 Å². The Hall–Kier alpha value is -2.68. The second-order valence-electron chi connectivity index (χ2n) is 9.83. The molecule has 0 saturated heterocycles. The third-order valence-electron chi connectivity index (χ3n) is 6.74. The van der Waals surface area contributed by atoms with Crippen molar-refractivity contribution < 1.29 is 28.9 Å². The summed E-state index contributed by atoms with van der Waals surface area (Å²) in [4.78, 5) is 24.4. The summed E-state index contributed by atoms with van der Waals surface area (Å²) in [5.41, 5.74) is 8.50. The number of hydrogen-bond acceptors (Lipinski definition) is 6. The van der Waals surface area contributed by atoms with Gasteiger partial charge >= 0.3 is 6.09 Å². The minimum Gasteiger partial charge on any atom is -0.439 e. The molecule has 2 bridgehead atoms. The van der Waals surface area contributed by atoms with E-state index in [1.165, 1.54) is 0 Å². The molecule has 0 aliphatic carbocycles. The predicted molar refractivity (Wildman–Crippen MR) is 141 cm³/mol. The highest BCUT2D eigenvalue weighted by Crippen LogP contribution is 2.26. The second kappa shape index (κ2) is 14.2. The Morgan fingerprint density at radius 1 is 1.14 bits per heavy atom. The fraction of sp³-hybridized carbons (Fsp3) is 0.571. The van der Waals surface area contributed by atoms with Gasteiger partial charge in [-0.3, -0.25) is 4.79 Å². The van der Waals surface area contributed by atoms with Crippen LogP contribution in [0.4, 0.5) is 10.5 Å². The highest BCUT2D eigenvalue weighted by atomic mass is 16.6. The zero-order valence-electron chi connectivity index (χ0n) is 22.3. The van der Waals surface area contributed by atoms with Crippen molar-refractivity contribution >= 4 is 17.7 Å². The summed E-state index contributed by atoms with van der Waals surface area (Å²) in [6.07, 6.45) is 2.91. The first-order chi connectivity index (χ1) is 17.0. The van der Waals surface area contributed by atoms with Gasteiger partial charge in [0.2, 0.25) is 0 Å². The molecule has 1 aromatic rings. The van der Waals surface area contributed by atoms with E-state index in [1.54, 1.807) is 21.1 Å². The molecule has 36 heavy (non-hydrogen) atoms. The van der Waals surface area contributed by atoms with Crippen molar-refractivity contribution in [2.45, 2.75) is 77.8 Å². The molecule has 0 spiro atoms. The number of benzene rings is 1. The summed E-state index contributed by atoms with van der Waals surface area (Å²) in [6.45, 7) is 7.62. The number of aliphatic hydroxyl groups is 1. The van der Waals surface area contributed by atoms with Gasteiger partial charge in [-0.25, -0.2) is 4.79 Å². The predicted octanol–water partition coefficient (Wildman–Crippen LogP) is 4.37. The molecule has 6 atom stereocenters. The molecule has 4 N–H and O–H groups in total. The molecular formula is C28H42N2O6. The number of anilines is 1. The van der Waals surface area contributed by atoms with Gasteiger partial charge in [0.15, 0.2) is 6.10 Å². The number of amides is 2. The lowest BCUT2D eigenvalue weighted by molar-refractivity contribution is -0.112.